The topological polar surface area (TPSA) is 64.4 Å². The summed E-state index contributed by atoms with van der Waals surface area (Å²) in [7, 11) is 0. The summed E-state index contributed by atoms with van der Waals surface area (Å²) >= 11 is 5.95. The van der Waals surface area contributed by atoms with E-state index < -0.39 is 6.10 Å². The van der Waals surface area contributed by atoms with Gasteiger partial charge in [0.15, 0.2) is 11.9 Å². The van der Waals surface area contributed by atoms with Crippen molar-refractivity contribution in [2.75, 3.05) is 5.32 Å². The van der Waals surface area contributed by atoms with Gasteiger partial charge in [-0.3, -0.25) is 4.79 Å². The molecule has 0 aliphatic heterocycles. The van der Waals surface area contributed by atoms with E-state index in [0.717, 1.165) is 11.1 Å². The lowest BCUT2D eigenvalue weighted by Crippen LogP contribution is -2.30. The number of nitrogens with zero attached hydrogens (tertiary/aromatic N) is 1. The molecule has 3 rings (SSSR count). The Morgan fingerprint density at radius 2 is 1.92 bits per heavy atom. The Balaban J connectivity index is 1.77. The molecule has 0 bridgehead atoms. The molecule has 26 heavy (non-hydrogen) atoms. The van der Waals surface area contributed by atoms with Crippen molar-refractivity contribution in [1.82, 2.24) is 5.16 Å². The van der Waals surface area contributed by atoms with Crippen molar-refractivity contribution < 1.29 is 14.1 Å². The van der Waals surface area contributed by atoms with Crippen LogP contribution in [0.5, 0.6) is 5.75 Å². The summed E-state index contributed by atoms with van der Waals surface area (Å²) in [6.45, 7) is 5.35. The summed E-state index contributed by atoms with van der Waals surface area (Å²) < 4.78 is 11.2. The number of ether oxygens (including phenoxy) is 1. The third-order valence-electron chi connectivity index (χ3n) is 3.96. The summed E-state index contributed by atoms with van der Waals surface area (Å²) in [5, 5.41) is 7.45. The van der Waals surface area contributed by atoms with Crippen molar-refractivity contribution >= 4 is 23.2 Å². The van der Waals surface area contributed by atoms with E-state index >= 15 is 0 Å². The number of hydrogen-bond donors (Lipinski definition) is 1. The number of aryl methyl sites for hydroxylation is 2. The average molecular weight is 371 g/mol. The summed E-state index contributed by atoms with van der Waals surface area (Å²) in [5.41, 5.74) is 2.85. The average Bonchev–Trinajstić information content (AvgIpc) is 2.98. The zero-order valence-electron chi connectivity index (χ0n) is 14.7. The molecule has 1 aromatic heterocycles. The smallest absolute Gasteiger partial charge is 0.265 e. The number of hydrogen-bond acceptors (Lipinski definition) is 4. The quantitative estimate of drug-likeness (QED) is 0.685. The molecule has 0 radical (unpaired) electrons. The van der Waals surface area contributed by atoms with Gasteiger partial charge in [-0.2, -0.15) is 0 Å². The van der Waals surface area contributed by atoms with Gasteiger partial charge in [0, 0.05) is 10.6 Å². The molecule has 3 aromatic rings. The van der Waals surface area contributed by atoms with E-state index in [1.54, 1.807) is 32.0 Å². The van der Waals surface area contributed by atoms with Gasteiger partial charge in [0.1, 0.15) is 17.1 Å². The molecule has 0 unspecified atom stereocenters. The van der Waals surface area contributed by atoms with Crippen LogP contribution < -0.4 is 10.1 Å². The number of anilines is 1. The second kappa shape index (κ2) is 7.62. The Kier molecular flexibility index (Phi) is 5.28. The van der Waals surface area contributed by atoms with E-state index in [2.05, 4.69) is 10.5 Å². The van der Waals surface area contributed by atoms with E-state index in [1.165, 1.54) is 0 Å². The van der Waals surface area contributed by atoms with Crippen molar-refractivity contribution in [3.63, 3.8) is 0 Å². The maximum Gasteiger partial charge on any atom is 0.265 e. The van der Waals surface area contributed by atoms with Crippen molar-refractivity contribution in [2.24, 2.45) is 0 Å². The van der Waals surface area contributed by atoms with Gasteiger partial charge in [-0.05, 0) is 44.5 Å². The Bertz CT molecular complexity index is 922. The Hall–Kier alpha value is -2.79. The van der Waals surface area contributed by atoms with Crippen LogP contribution in [0, 0.1) is 13.8 Å². The highest BCUT2D eigenvalue weighted by Gasteiger charge is 2.22. The summed E-state index contributed by atoms with van der Waals surface area (Å²) in [6, 6.07) is 14.8. The van der Waals surface area contributed by atoms with Crippen molar-refractivity contribution in [2.45, 2.75) is 26.9 Å². The molecular weight excluding hydrogens is 352 g/mol. The minimum atomic E-state index is -0.701. The summed E-state index contributed by atoms with van der Waals surface area (Å²) in [6.07, 6.45) is -0.701. The largest absolute Gasteiger partial charge is 0.481 e. The number of carbonyl (C=O) groups is 1. The summed E-state index contributed by atoms with van der Waals surface area (Å²) in [4.78, 5) is 12.6. The van der Waals surface area contributed by atoms with Crippen LogP contribution in [0.4, 0.5) is 5.69 Å². The third kappa shape index (κ3) is 3.89. The zero-order chi connectivity index (χ0) is 18.7. The maximum atomic E-state index is 12.6. The second-order valence-corrected chi connectivity index (χ2v) is 6.43. The Labute approximate surface area is 156 Å². The first-order valence-corrected chi connectivity index (χ1v) is 8.59. The maximum absolute atomic E-state index is 12.6. The molecule has 2 aromatic carbocycles. The first-order chi connectivity index (χ1) is 12.5. The normalized spacial score (nSPS) is 11.8. The van der Waals surface area contributed by atoms with Crippen LogP contribution >= 0.6 is 11.6 Å². The van der Waals surface area contributed by atoms with Crippen LogP contribution in [0.2, 0.25) is 5.02 Å². The van der Waals surface area contributed by atoms with Gasteiger partial charge >= 0.3 is 0 Å². The molecule has 0 saturated heterocycles. The Morgan fingerprint density at radius 1 is 1.19 bits per heavy atom. The molecule has 0 spiro atoms. The van der Waals surface area contributed by atoms with E-state index in [1.807, 2.05) is 37.3 Å². The van der Waals surface area contributed by atoms with Gasteiger partial charge in [0.05, 0.1) is 0 Å². The molecule has 6 heteroatoms. The highest BCUT2D eigenvalue weighted by atomic mass is 35.5. The van der Waals surface area contributed by atoms with Gasteiger partial charge in [0.2, 0.25) is 0 Å². The van der Waals surface area contributed by atoms with Crippen LogP contribution in [0.25, 0.3) is 11.3 Å². The molecule has 5 nitrogen and oxygen atoms in total. The van der Waals surface area contributed by atoms with Gasteiger partial charge in [-0.1, -0.05) is 47.1 Å². The van der Waals surface area contributed by atoms with E-state index in [0.29, 0.717) is 27.9 Å². The molecule has 0 saturated carbocycles. The predicted octanol–water partition coefficient (Wildman–Crippen LogP) is 5.02. The SMILES string of the molecule is Cc1cc(Cl)ccc1O[C@@H](C)C(=O)Nc1c(C)noc1-c1ccccc1. The molecular formula is C20H19ClN2O3. The number of rotatable bonds is 5. The van der Waals surface area contributed by atoms with Crippen molar-refractivity contribution in [3.05, 3.63) is 64.8 Å². The standard InChI is InChI=1S/C20H19ClN2O3/c1-12-11-16(21)9-10-17(12)25-14(3)20(24)22-18-13(2)23-26-19(18)15-7-5-4-6-8-15/h4-11,14H,1-3H3,(H,22,24)/t14-/m0/s1. The van der Waals surface area contributed by atoms with Crippen molar-refractivity contribution in [1.29, 1.82) is 0 Å². The number of nitrogens with one attached hydrogen (secondary N) is 1. The molecule has 134 valence electrons. The minimum absolute atomic E-state index is 0.289. The number of aromatic nitrogens is 1. The summed E-state index contributed by atoms with van der Waals surface area (Å²) in [5.74, 6) is 0.844. The van der Waals surface area contributed by atoms with Gasteiger partial charge in [-0.15, -0.1) is 0 Å². The Morgan fingerprint density at radius 3 is 2.62 bits per heavy atom. The van der Waals surface area contributed by atoms with E-state index in [4.69, 9.17) is 20.9 Å². The van der Waals surface area contributed by atoms with Crippen LogP contribution in [0.3, 0.4) is 0 Å². The highest BCUT2D eigenvalue weighted by Crippen LogP contribution is 2.31. The van der Waals surface area contributed by atoms with Gasteiger partial charge in [-0.25, -0.2) is 0 Å². The first kappa shape index (κ1) is 18.0. The highest BCUT2D eigenvalue weighted by molar-refractivity contribution is 6.30. The predicted molar refractivity (Wildman–Crippen MR) is 102 cm³/mol. The molecule has 0 aliphatic carbocycles. The van der Waals surface area contributed by atoms with Crippen LogP contribution in [0.15, 0.2) is 53.1 Å². The monoisotopic (exact) mass is 370 g/mol. The molecule has 1 heterocycles. The molecule has 1 amide bonds. The minimum Gasteiger partial charge on any atom is -0.481 e. The fourth-order valence-electron chi connectivity index (χ4n) is 2.52. The van der Waals surface area contributed by atoms with Crippen LogP contribution in [-0.2, 0) is 4.79 Å². The fraction of sp³-hybridized carbons (Fsp3) is 0.200. The molecule has 1 N–H and O–H groups in total. The van der Waals surface area contributed by atoms with Crippen LogP contribution in [-0.4, -0.2) is 17.2 Å². The first-order valence-electron chi connectivity index (χ1n) is 8.21. The van der Waals surface area contributed by atoms with Gasteiger partial charge < -0.3 is 14.6 Å². The number of carbonyl (C=O) groups excluding carboxylic acids is 1. The van der Waals surface area contributed by atoms with Crippen LogP contribution in [0.1, 0.15) is 18.2 Å². The fourth-order valence-corrected chi connectivity index (χ4v) is 2.74. The lowest BCUT2D eigenvalue weighted by atomic mass is 10.1. The van der Waals surface area contributed by atoms with Gasteiger partial charge in [0.25, 0.3) is 5.91 Å². The lowest BCUT2D eigenvalue weighted by molar-refractivity contribution is -0.122. The molecule has 1 atom stereocenters. The number of halogens is 1. The second-order valence-electron chi connectivity index (χ2n) is 6.00. The lowest BCUT2D eigenvalue weighted by Gasteiger charge is -2.16. The van der Waals surface area contributed by atoms with E-state index in [9.17, 15) is 4.79 Å². The van der Waals surface area contributed by atoms with Crippen molar-refractivity contribution in [3.8, 4) is 17.1 Å². The third-order valence-corrected chi connectivity index (χ3v) is 4.19. The number of amides is 1. The molecule has 0 aliphatic rings. The van der Waals surface area contributed by atoms with E-state index in [-0.39, 0.29) is 5.91 Å². The number of benzene rings is 2. The molecule has 0 fully saturated rings. The zero-order valence-corrected chi connectivity index (χ0v) is 15.5.